The van der Waals surface area contributed by atoms with Crippen molar-refractivity contribution in [3.63, 3.8) is 0 Å². The fourth-order valence-electron chi connectivity index (χ4n) is 3.53. The first-order chi connectivity index (χ1) is 11.9. The quantitative estimate of drug-likeness (QED) is 0.869. The van der Waals surface area contributed by atoms with Gasteiger partial charge in [-0.1, -0.05) is 24.3 Å². The fourth-order valence-corrected chi connectivity index (χ4v) is 3.53. The van der Waals surface area contributed by atoms with Crippen molar-refractivity contribution in [2.75, 3.05) is 6.61 Å². The van der Waals surface area contributed by atoms with Crippen molar-refractivity contribution in [2.24, 2.45) is 11.7 Å². The Balaban J connectivity index is 1.73. The fraction of sp³-hybridized carbons (Fsp3) is 0.368. The third-order valence-electron chi connectivity index (χ3n) is 4.91. The van der Waals surface area contributed by atoms with Crippen molar-refractivity contribution in [1.29, 1.82) is 0 Å². The summed E-state index contributed by atoms with van der Waals surface area (Å²) in [6.45, 7) is -0.0940. The summed E-state index contributed by atoms with van der Waals surface area (Å²) in [4.78, 5) is 0. The third kappa shape index (κ3) is 3.56. The lowest BCUT2D eigenvalue weighted by atomic mass is 9.81. The molecule has 6 heteroatoms. The van der Waals surface area contributed by atoms with E-state index in [0.29, 0.717) is 24.0 Å². The Bertz CT molecular complexity index is 755. The molecular formula is C19H20F3NO2. The van der Waals surface area contributed by atoms with Crippen LogP contribution in [0.1, 0.15) is 24.0 Å². The molecule has 0 saturated heterocycles. The molecule has 134 valence electrons. The number of rotatable bonds is 5. The first-order valence-electron chi connectivity index (χ1n) is 8.14. The topological polar surface area (TPSA) is 55.5 Å². The molecule has 1 saturated carbocycles. The maximum Gasteiger partial charge on any atom is 0.159 e. The van der Waals surface area contributed by atoms with Gasteiger partial charge in [-0.05, 0) is 36.6 Å². The second kappa shape index (κ2) is 7.15. The van der Waals surface area contributed by atoms with Crippen LogP contribution >= 0.6 is 0 Å². The minimum absolute atomic E-state index is 0.0906. The van der Waals surface area contributed by atoms with E-state index in [9.17, 15) is 18.3 Å². The second-order valence-corrected chi connectivity index (χ2v) is 6.52. The Kier molecular flexibility index (Phi) is 5.13. The van der Waals surface area contributed by atoms with Gasteiger partial charge in [0.2, 0.25) is 0 Å². The van der Waals surface area contributed by atoms with E-state index in [-0.39, 0.29) is 25.2 Å². The first kappa shape index (κ1) is 17.9. The molecule has 3 N–H and O–H groups in total. The highest BCUT2D eigenvalue weighted by Gasteiger charge is 2.47. The second-order valence-electron chi connectivity index (χ2n) is 6.52. The number of benzene rings is 2. The summed E-state index contributed by atoms with van der Waals surface area (Å²) in [5.41, 5.74) is 6.28. The minimum Gasteiger partial charge on any atom is -0.396 e. The summed E-state index contributed by atoms with van der Waals surface area (Å²) >= 11 is 0. The Labute approximate surface area is 144 Å². The average molecular weight is 351 g/mol. The van der Waals surface area contributed by atoms with Gasteiger partial charge < -0.3 is 15.6 Å². The largest absolute Gasteiger partial charge is 0.396 e. The van der Waals surface area contributed by atoms with Crippen LogP contribution in [-0.2, 0) is 16.9 Å². The zero-order valence-electron chi connectivity index (χ0n) is 13.6. The molecule has 0 aliphatic heterocycles. The zero-order chi connectivity index (χ0) is 18.0. The molecule has 0 radical (unpaired) electrons. The minimum atomic E-state index is -1.03. The number of hydrogen-bond acceptors (Lipinski definition) is 3. The number of ether oxygens (including phenoxy) is 1. The molecule has 0 bridgehead atoms. The van der Waals surface area contributed by atoms with Crippen molar-refractivity contribution in [2.45, 2.75) is 31.1 Å². The third-order valence-corrected chi connectivity index (χ3v) is 4.91. The molecule has 3 atom stereocenters. The molecule has 1 fully saturated rings. The Morgan fingerprint density at radius 2 is 1.84 bits per heavy atom. The molecule has 1 aliphatic rings. The lowest BCUT2D eigenvalue weighted by Gasteiger charge is -2.31. The standard InChI is InChI=1S/C19H20F3NO2/c20-16-4-2-1-3-15(16)19(23)9-14(8-13(19)10-24)25-11-12-5-6-17(21)18(22)7-12/h1-7,13-14,24H,8-11,23H2. The normalized spacial score (nSPS) is 26.1. The monoisotopic (exact) mass is 351 g/mol. The zero-order valence-corrected chi connectivity index (χ0v) is 13.6. The van der Waals surface area contributed by atoms with Crippen LogP contribution in [0.4, 0.5) is 13.2 Å². The van der Waals surface area contributed by atoms with Crippen molar-refractivity contribution in [1.82, 2.24) is 0 Å². The SMILES string of the molecule is NC1(c2ccccc2F)CC(OCc2ccc(F)c(F)c2)CC1CO. The van der Waals surface area contributed by atoms with Gasteiger partial charge in [0.15, 0.2) is 11.6 Å². The molecule has 0 spiro atoms. The van der Waals surface area contributed by atoms with E-state index in [1.807, 2.05) is 0 Å². The number of nitrogens with two attached hydrogens (primary N) is 1. The predicted molar refractivity (Wildman–Crippen MR) is 87.0 cm³/mol. The molecule has 2 aromatic rings. The highest BCUT2D eigenvalue weighted by Crippen LogP contribution is 2.43. The summed E-state index contributed by atoms with van der Waals surface area (Å²) in [5, 5.41) is 9.67. The van der Waals surface area contributed by atoms with Crippen molar-refractivity contribution < 1.29 is 23.0 Å². The number of aliphatic hydroxyl groups excluding tert-OH is 1. The van der Waals surface area contributed by atoms with E-state index in [4.69, 9.17) is 10.5 Å². The summed E-state index contributed by atoms with van der Waals surface area (Å²) in [6, 6.07) is 9.83. The first-order valence-corrected chi connectivity index (χ1v) is 8.14. The maximum absolute atomic E-state index is 14.2. The van der Waals surface area contributed by atoms with Gasteiger partial charge in [0.05, 0.1) is 18.2 Å². The molecule has 3 unspecified atom stereocenters. The van der Waals surface area contributed by atoms with Crippen LogP contribution in [-0.4, -0.2) is 17.8 Å². The Morgan fingerprint density at radius 1 is 1.08 bits per heavy atom. The molecular weight excluding hydrogens is 331 g/mol. The van der Waals surface area contributed by atoms with Crippen LogP contribution in [0.5, 0.6) is 0 Å². The smallest absolute Gasteiger partial charge is 0.159 e. The Morgan fingerprint density at radius 3 is 2.52 bits per heavy atom. The highest BCUT2D eigenvalue weighted by atomic mass is 19.2. The van der Waals surface area contributed by atoms with E-state index in [1.54, 1.807) is 18.2 Å². The van der Waals surface area contributed by atoms with Gasteiger partial charge in [0, 0.05) is 18.1 Å². The van der Waals surface area contributed by atoms with Gasteiger partial charge in [-0.3, -0.25) is 0 Å². The van der Waals surface area contributed by atoms with E-state index in [1.165, 1.54) is 12.1 Å². The molecule has 2 aromatic carbocycles. The lowest BCUT2D eigenvalue weighted by Crippen LogP contribution is -2.43. The predicted octanol–water partition coefficient (Wildman–Crippen LogP) is 3.25. The molecule has 25 heavy (non-hydrogen) atoms. The number of hydrogen-bond donors (Lipinski definition) is 2. The van der Waals surface area contributed by atoms with Gasteiger partial charge in [0.25, 0.3) is 0 Å². The van der Waals surface area contributed by atoms with E-state index in [0.717, 1.165) is 12.1 Å². The van der Waals surface area contributed by atoms with Gasteiger partial charge in [-0.15, -0.1) is 0 Å². The average Bonchev–Trinajstić information content (AvgIpc) is 2.93. The molecule has 1 aliphatic carbocycles. The lowest BCUT2D eigenvalue weighted by molar-refractivity contribution is 0.0390. The van der Waals surface area contributed by atoms with Gasteiger partial charge in [0.1, 0.15) is 5.82 Å². The molecule has 3 nitrogen and oxygen atoms in total. The number of halogens is 3. The van der Waals surface area contributed by atoms with Crippen LogP contribution in [0.25, 0.3) is 0 Å². The van der Waals surface area contributed by atoms with Gasteiger partial charge >= 0.3 is 0 Å². The van der Waals surface area contributed by atoms with Crippen LogP contribution in [0, 0.1) is 23.4 Å². The summed E-state index contributed by atoms with van der Waals surface area (Å²) in [5.74, 6) is -2.60. The molecule has 0 amide bonds. The van der Waals surface area contributed by atoms with E-state index in [2.05, 4.69) is 0 Å². The molecule has 3 rings (SSSR count). The van der Waals surface area contributed by atoms with Crippen molar-refractivity contribution in [3.8, 4) is 0 Å². The van der Waals surface area contributed by atoms with E-state index < -0.39 is 23.0 Å². The Hall–Kier alpha value is -1.89. The number of aliphatic hydroxyl groups is 1. The van der Waals surface area contributed by atoms with Gasteiger partial charge in [-0.25, -0.2) is 13.2 Å². The summed E-state index contributed by atoms with van der Waals surface area (Å²) in [7, 11) is 0. The van der Waals surface area contributed by atoms with Crippen LogP contribution < -0.4 is 5.73 Å². The molecule has 0 heterocycles. The maximum atomic E-state index is 14.2. The van der Waals surface area contributed by atoms with Crippen molar-refractivity contribution >= 4 is 0 Å². The van der Waals surface area contributed by atoms with E-state index >= 15 is 0 Å². The summed E-state index contributed by atoms with van der Waals surface area (Å²) in [6.07, 6.45) is 0.489. The van der Waals surface area contributed by atoms with Gasteiger partial charge in [-0.2, -0.15) is 0 Å². The van der Waals surface area contributed by atoms with Crippen LogP contribution in [0.15, 0.2) is 42.5 Å². The van der Waals surface area contributed by atoms with Crippen LogP contribution in [0.3, 0.4) is 0 Å². The van der Waals surface area contributed by atoms with Crippen molar-refractivity contribution in [3.05, 3.63) is 71.0 Å². The van der Waals surface area contributed by atoms with Crippen LogP contribution in [0.2, 0.25) is 0 Å². The highest BCUT2D eigenvalue weighted by molar-refractivity contribution is 5.29. The summed E-state index contributed by atoms with van der Waals surface area (Å²) < 4.78 is 46.2. The molecule has 0 aromatic heterocycles.